The van der Waals surface area contributed by atoms with Gasteiger partial charge in [0.05, 0.1) is 28.3 Å². The van der Waals surface area contributed by atoms with Gasteiger partial charge < -0.3 is 14.0 Å². The Morgan fingerprint density at radius 3 is 2.55 bits per heavy atom. The number of thiazole rings is 1. The molecule has 3 rings (SSSR count). The number of non-ortho nitro benzene ring substituents is 1. The lowest BCUT2D eigenvalue weighted by atomic mass is 10.3. The summed E-state index contributed by atoms with van der Waals surface area (Å²) in [4.78, 5) is 27.2. The number of fused-ring (bicyclic) bond motifs is 1. The molecule has 148 valence electrons. The number of rotatable bonds is 7. The van der Waals surface area contributed by atoms with Gasteiger partial charge in [-0.2, -0.15) is 4.99 Å². The molecule has 0 saturated carbocycles. The minimum atomic E-state index is -0.495. The first-order valence-corrected chi connectivity index (χ1v) is 9.48. The minimum Gasteiger partial charge on any atom is -0.494 e. The van der Waals surface area contributed by atoms with Crippen molar-refractivity contribution in [3.8, 4) is 23.8 Å². The van der Waals surface area contributed by atoms with E-state index >= 15 is 0 Å². The molecule has 0 atom stereocenters. The molecule has 0 unspecified atom stereocenters. The van der Waals surface area contributed by atoms with Crippen LogP contribution in [0.25, 0.3) is 10.2 Å². The van der Waals surface area contributed by atoms with Crippen LogP contribution in [0.15, 0.2) is 47.5 Å². The maximum absolute atomic E-state index is 12.3. The second kappa shape index (κ2) is 9.03. The van der Waals surface area contributed by atoms with Crippen molar-refractivity contribution < 1.29 is 19.2 Å². The van der Waals surface area contributed by atoms with Gasteiger partial charge in [-0.3, -0.25) is 14.9 Å². The molecule has 0 bridgehead atoms. The van der Waals surface area contributed by atoms with Crippen LogP contribution >= 0.6 is 11.3 Å². The molecule has 0 aliphatic carbocycles. The van der Waals surface area contributed by atoms with Crippen molar-refractivity contribution in [2.45, 2.75) is 13.5 Å². The van der Waals surface area contributed by atoms with E-state index in [1.165, 1.54) is 12.1 Å². The molecule has 2 aromatic carbocycles. The number of hydrogen-bond acceptors (Lipinski definition) is 6. The van der Waals surface area contributed by atoms with Crippen LogP contribution in [-0.4, -0.2) is 28.6 Å². The van der Waals surface area contributed by atoms with Crippen LogP contribution in [0.1, 0.15) is 6.92 Å². The lowest BCUT2D eigenvalue weighted by molar-refractivity contribution is -0.384. The van der Waals surface area contributed by atoms with Crippen LogP contribution in [0.3, 0.4) is 0 Å². The zero-order chi connectivity index (χ0) is 20.8. The topological polar surface area (TPSA) is 96.0 Å². The van der Waals surface area contributed by atoms with Crippen LogP contribution in [-0.2, 0) is 11.3 Å². The van der Waals surface area contributed by atoms with Crippen molar-refractivity contribution >= 4 is 33.1 Å². The number of hydrogen-bond donors (Lipinski definition) is 0. The fraction of sp³-hybridized carbons (Fsp3) is 0.200. The van der Waals surface area contributed by atoms with Gasteiger partial charge in [0.25, 0.3) is 11.6 Å². The summed E-state index contributed by atoms with van der Waals surface area (Å²) < 4.78 is 13.1. The Bertz CT molecular complexity index is 1160. The number of aromatic nitrogens is 1. The van der Waals surface area contributed by atoms with E-state index in [0.717, 1.165) is 11.3 Å². The Morgan fingerprint density at radius 2 is 1.93 bits per heavy atom. The van der Waals surface area contributed by atoms with Crippen molar-refractivity contribution in [2.75, 3.05) is 13.2 Å². The van der Waals surface area contributed by atoms with Gasteiger partial charge in [-0.15, -0.1) is 6.42 Å². The standard InChI is InChI=1S/C20H17N3O5S/c1-3-11-22-17-10-5-14(23(25)26)12-18(17)29-20(22)21-19(24)13-28-16-8-6-15(7-9-16)27-4-2/h1,5-10,12H,4,11,13H2,2H3. The van der Waals surface area contributed by atoms with E-state index in [2.05, 4.69) is 10.9 Å². The average Bonchev–Trinajstić information content (AvgIpc) is 3.04. The number of carbonyl (C=O) groups is 1. The van der Waals surface area contributed by atoms with E-state index in [-0.39, 0.29) is 18.8 Å². The van der Waals surface area contributed by atoms with Crippen molar-refractivity contribution in [3.05, 3.63) is 57.4 Å². The first-order chi connectivity index (χ1) is 14.0. The van der Waals surface area contributed by atoms with Gasteiger partial charge in [-0.1, -0.05) is 17.3 Å². The smallest absolute Gasteiger partial charge is 0.286 e. The van der Waals surface area contributed by atoms with Gasteiger partial charge in [-0.25, -0.2) is 0 Å². The molecule has 0 fully saturated rings. The molecule has 8 nitrogen and oxygen atoms in total. The van der Waals surface area contributed by atoms with Crippen LogP contribution < -0.4 is 14.3 Å². The van der Waals surface area contributed by atoms with Crippen LogP contribution in [0.5, 0.6) is 11.5 Å². The fourth-order valence-corrected chi connectivity index (χ4v) is 3.67. The lowest BCUT2D eigenvalue weighted by Crippen LogP contribution is -2.19. The molecule has 29 heavy (non-hydrogen) atoms. The Kier molecular flexibility index (Phi) is 6.26. The lowest BCUT2D eigenvalue weighted by Gasteiger charge is -2.05. The number of terminal acetylenes is 1. The third-order valence-corrected chi connectivity index (χ3v) is 4.89. The summed E-state index contributed by atoms with van der Waals surface area (Å²) in [5, 5.41) is 11.0. The predicted octanol–water partition coefficient (Wildman–Crippen LogP) is 3.15. The number of nitrogens with zero attached hydrogens (tertiary/aromatic N) is 3. The second-order valence-corrected chi connectivity index (χ2v) is 6.79. The Morgan fingerprint density at radius 1 is 1.24 bits per heavy atom. The minimum absolute atomic E-state index is 0.0386. The van der Waals surface area contributed by atoms with E-state index < -0.39 is 10.8 Å². The Balaban J connectivity index is 1.82. The molecular formula is C20H17N3O5S. The van der Waals surface area contributed by atoms with Gasteiger partial charge in [0.15, 0.2) is 11.4 Å². The Labute approximate surface area is 170 Å². The van der Waals surface area contributed by atoms with E-state index in [9.17, 15) is 14.9 Å². The average molecular weight is 411 g/mol. The first kappa shape index (κ1) is 20.1. The SMILES string of the molecule is C#CCn1c(=NC(=O)COc2ccc(OCC)cc2)sc2cc([N+](=O)[O-])ccc21. The van der Waals surface area contributed by atoms with E-state index in [1.54, 1.807) is 34.9 Å². The van der Waals surface area contributed by atoms with Gasteiger partial charge in [0.1, 0.15) is 11.5 Å². The molecule has 0 spiro atoms. The van der Waals surface area contributed by atoms with Crippen LogP contribution in [0, 0.1) is 22.5 Å². The highest BCUT2D eigenvalue weighted by molar-refractivity contribution is 7.16. The summed E-state index contributed by atoms with van der Waals surface area (Å²) in [5.74, 6) is 3.24. The molecule has 1 aromatic heterocycles. The summed E-state index contributed by atoms with van der Waals surface area (Å²) in [6, 6.07) is 11.3. The summed E-state index contributed by atoms with van der Waals surface area (Å²) in [6.07, 6.45) is 5.42. The van der Waals surface area contributed by atoms with Crippen molar-refractivity contribution in [1.82, 2.24) is 4.57 Å². The van der Waals surface area contributed by atoms with E-state index in [1.807, 2.05) is 6.92 Å². The highest BCUT2D eigenvalue weighted by Crippen LogP contribution is 2.23. The van der Waals surface area contributed by atoms with E-state index in [4.69, 9.17) is 15.9 Å². The van der Waals surface area contributed by atoms with Gasteiger partial charge >= 0.3 is 0 Å². The number of carbonyl (C=O) groups excluding carboxylic acids is 1. The first-order valence-electron chi connectivity index (χ1n) is 8.66. The maximum atomic E-state index is 12.3. The van der Waals surface area contributed by atoms with Crippen molar-refractivity contribution in [3.63, 3.8) is 0 Å². The molecule has 1 heterocycles. The van der Waals surface area contributed by atoms with Gasteiger partial charge in [-0.05, 0) is 37.3 Å². The molecule has 0 radical (unpaired) electrons. The summed E-state index contributed by atoms with van der Waals surface area (Å²) in [5.41, 5.74) is 0.640. The Hall–Kier alpha value is -3.64. The highest BCUT2D eigenvalue weighted by Gasteiger charge is 2.12. The summed E-state index contributed by atoms with van der Waals surface area (Å²) >= 11 is 1.16. The molecule has 1 amide bonds. The van der Waals surface area contributed by atoms with Gasteiger partial charge in [0.2, 0.25) is 0 Å². The number of nitro groups is 1. The predicted molar refractivity (Wildman–Crippen MR) is 109 cm³/mol. The fourth-order valence-electron chi connectivity index (χ4n) is 2.59. The third kappa shape index (κ3) is 4.80. The zero-order valence-corrected chi connectivity index (χ0v) is 16.3. The highest BCUT2D eigenvalue weighted by atomic mass is 32.1. The number of benzene rings is 2. The normalized spacial score (nSPS) is 11.2. The number of amides is 1. The van der Waals surface area contributed by atoms with Crippen molar-refractivity contribution in [1.29, 1.82) is 0 Å². The quantitative estimate of drug-likeness (QED) is 0.338. The van der Waals surface area contributed by atoms with Gasteiger partial charge in [0, 0.05) is 12.1 Å². The molecule has 0 saturated heterocycles. The largest absolute Gasteiger partial charge is 0.494 e. The van der Waals surface area contributed by atoms with Crippen LogP contribution in [0.4, 0.5) is 5.69 Å². The zero-order valence-electron chi connectivity index (χ0n) is 15.5. The molecule has 0 aliphatic heterocycles. The molecule has 0 aliphatic rings. The summed E-state index contributed by atoms with van der Waals surface area (Å²) in [6.45, 7) is 2.39. The molecule has 0 N–H and O–H groups in total. The summed E-state index contributed by atoms with van der Waals surface area (Å²) in [7, 11) is 0. The molecular weight excluding hydrogens is 394 g/mol. The molecule has 9 heteroatoms. The molecule has 3 aromatic rings. The third-order valence-electron chi connectivity index (χ3n) is 3.84. The monoisotopic (exact) mass is 411 g/mol. The number of nitro benzene ring substituents is 1. The van der Waals surface area contributed by atoms with Crippen molar-refractivity contribution in [2.24, 2.45) is 4.99 Å². The maximum Gasteiger partial charge on any atom is 0.286 e. The second-order valence-electron chi connectivity index (χ2n) is 5.78. The number of ether oxygens (including phenoxy) is 2. The van der Waals surface area contributed by atoms with Crippen LogP contribution in [0.2, 0.25) is 0 Å². The van der Waals surface area contributed by atoms with E-state index in [0.29, 0.717) is 33.1 Å².